The molecule has 1 aromatic carbocycles. The molecule has 3 heterocycles. The first-order chi connectivity index (χ1) is 13.2. The van der Waals surface area contributed by atoms with Crippen LogP contribution < -0.4 is 5.32 Å². The molecular weight excluding hydrogens is 363 g/mol. The van der Waals surface area contributed by atoms with Gasteiger partial charge in [-0.2, -0.15) is 0 Å². The number of hydrogen-bond donors (Lipinski definition) is 1. The van der Waals surface area contributed by atoms with E-state index in [1.165, 1.54) is 17.4 Å². The molecule has 0 bridgehead atoms. The molecule has 1 aliphatic rings. The highest BCUT2D eigenvalue weighted by Crippen LogP contribution is 2.33. The number of nitrogens with one attached hydrogen (secondary N) is 1. The van der Waals surface area contributed by atoms with E-state index >= 15 is 0 Å². The Bertz CT molecular complexity index is 914. The largest absolute Gasteiger partial charge is 0.313 e. The number of likely N-dealkylation sites (tertiary alicyclic amines) is 1. The number of benzene rings is 1. The lowest BCUT2D eigenvalue weighted by Gasteiger charge is -2.24. The molecule has 1 aliphatic heterocycles. The third kappa shape index (κ3) is 4.12. The number of anilines is 2. The molecule has 140 valence electrons. The average Bonchev–Trinajstić information content (AvgIpc) is 3.33. The fourth-order valence-electron chi connectivity index (χ4n) is 3.35. The molecule has 3 aromatic rings. The molecule has 27 heavy (non-hydrogen) atoms. The number of rotatable bonds is 6. The summed E-state index contributed by atoms with van der Waals surface area (Å²) in [7, 11) is 0. The molecule has 0 unspecified atom stereocenters. The maximum atomic E-state index is 14.0. The Morgan fingerprint density at radius 1 is 1.26 bits per heavy atom. The first kappa shape index (κ1) is 17.9. The van der Waals surface area contributed by atoms with Crippen molar-refractivity contribution >= 4 is 22.3 Å². The van der Waals surface area contributed by atoms with Gasteiger partial charge in [0.05, 0.1) is 24.1 Å². The molecule has 1 saturated heterocycles. The van der Waals surface area contributed by atoms with Gasteiger partial charge in [0, 0.05) is 12.1 Å². The lowest BCUT2D eigenvalue weighted by atomic mass is 10.1. The van der Waals surface area contributed by atoms with Gasteiger partial charge in [-0.25, -0.2) is 9.37 Å². The van der Waals surface area contributed by atoms with Gasteiger partial charge < -0.3 is 5.32 Å². The van der Waals surface area contributed by atoms with Crippen LogP contribution in [0.3, 0.4) is 0 Å². The summed E-state index contributed by atoms with van der Waals surface area (Å²) in [4.78, 5) is 11.3. The minimum Gasteiger partial charge on any atom is -0.313 e. The van der Waals surface area contributed by atoms with E-state index in [0.29, 0.717) is 23.1 Å². The highest BCUT2D eigenvalue weighted by atomic mass is 32.1. The van der Waals surface area contributed by atoms with Crippen molar-refractivity contribution in [2.45, 2.75) is 38.8 Å². The lowest BCUT2D eigenvalue weighted by Crippen LogP contribution is -2.24. The minimum atomic E-state index is -0.160. The highest BCUT2D eigenvalue weighted by molar-refractivity contribution is 7.15. The third-order valence-corrected chi connectivity index (χ3v) is 5.68. The normalized spacial score (nSPS) is 17.3. The van der Waals surface area contributed by atoms with Crippen molar-refractivity contribution < 1.29 is 4.39 Å². The first-order valence-electron chi connectivity index (χ1n) is 9.11. The minimum absolute atomic E-state index is 0.138. The zero-order valence-corrected chi connectivity index (χ0v) is 15.9. The SMILES string of the molecule is CCc1nnc(Nc2cncc([C@H]3CCCN3Cc3ccccc3F)n2)s1. The Morgan fingerprint density at radius 2 is 2.15 bits per heavy atom. The Hall–Kier alpha value is -2.45. The molecule has 1 N–H and O–H groups in total. The van der Waals surface area contributed by atoms with Crippen LogP contribution in [0.2, 0.25) is 0 Å². The molecule has 0 amide bonds. The number of halogens is 1. The van der Waals surface area contributed by atoms with E-state index in [1.54, 1.807) is 18.5 Å². The number of aryl methyl sites for hydroxylation is 1. The molecule has 0 aliphatic carbocycles. The van der Waals surface area contributed by atoms with Crippen LogP contribution in [0.5, 0.6) is 0 Å². The van der Waals surface area contributed by atoms with Gasteiger partial charge in [0.2, 0.25) is 5.13 Å². The predicted octanol–water partition coefficient (Wildman–Crippen LogP) is 4.11. The van der Waals surface area contributed by atoms with Crippen LogP contribution in [0.15, 0.2) is 36.7 Å². The lowest BCUT2D eigenvalue weighted by molar-refractivity contribution is 0.241. The average molecular weight is 384 g/mol. The van der Waals surface area contributed by atoms with E-state index in [0.717, 1.165) is 36.5 Å². The zero-order valence-electron chi connectivity index (χ0n) is 15.1. The number of hydrogen-bond acceptors (Lipinski definition) is 7. The summed E-state index contributed by atoms with van der Waals surface area (Å²) in [6, 6.07) is 7.09. The van der Waals surface area contributed by atoms with Crippen molar-refractivity contribution in [1.29, 1.82) is 0 Å². The van der Waals surface area contributed by atoms with Gasteiger partial charge >= 0.3 is 0 Å². The van der Waals surface area contributed by atoms with E-state index in [-0.39, 0.29) is 11.9 Å². The van der Waals surface area contributed by atoms with E-state index in [9.17, 15) is 4.39 Å². The van der Waals surface area contributed by atoms with Crippen LogP contribution in [-0.2, 0) is 13.0 Å². The first-order valence-corrected chi connectivity index (χ1v) is 9.93. The predicted molar refractivity (Wildman–Crippen MR) is 103 cm³/mol. The fourth-order valence-corrected chi connectivity index (χ4v) is 4.04. The molecule has 0 spiro atoms. The van der Waals surface area contributed by atoms with Crippen LogP contribution in [0.4, 0.5) is 15.3 Å². The standard InChI is InChI=1S/C19H21FN6S/c1-2-18-24-25-19(27-18)23-17-11-21-10-15(22-17)16-8-5-9-26(16)12-13-6-3-4-7-14(13)20/h3-4,6-7,10-11,16H,2,5,8-9,12H2,1H3,(H,22,23,25)/t16-/m1/s1. The monoisotopic (exact) mass is 384 g/mol. The van der Waals surface area contributed by atoms with Crippen molar-refractivity contribution in [2.24, 2.45) is 0 Å². The van der Waals surface area contributed by atoms with E-state index in [2.05, 4.69) is 32.3 Å². The maximum absolute atomic E-state index is 14.0. The third-order valence-electron chi connectivity index (χ3n) is 4.69. The van der Waals surface area contributed by atoms with E-state index in [4.69, 9.17) is 4.98 Å². The Labute approximate surface area is 161 Å². The fraction of sp³-hybridized carbons (Fsp3) is 0.368. The molecule has 0 radical (unpaired) electrons. The van der Waals surface area contributed by atoms with Gasteiger partial charge in [0.1, 0.15) is 10.8 Å². The molecule has 8 heteroatoms. The topological polar surface area (TPSA) is 66.8 Å². The molecule has 4 rings (SSSR count). The zero-order chi connectivity index (χ0) is 18.6. The second-order valence-electron chi connectivity index (χ2n) is 6.53. The Morgan fingerprint density at radius 3 is 2.96 bits per heavy atom. The van der Waals surface area contributed by atoms with Gasteiger partial charge in [-0.15, -0.1) is 10.2 Å². The smallest absolute Gasteiger partial charge is 0.211 e. The molecule has 1 fully saturated rings. The van der Waals surface area contributed by atoms with Crippen LogP contribution in [0, 0.1) is 5.82 Å². The van der Waals surface area contributed by atoms with Crippen LogP contribution in [0.25, 0.3) is 0 Å². The maximum Gasteiger partial charge on any atom is 0.211 e. The van der Waals surface area contributed by atoms with Gasteiger partial charge in [-0.05, 0) is 31.9 Å². The van der Waals surface area contributed by atoms with E-state index < -0.39 is 0 Å². The molecule has 6 nitrogen and oxygen atoms in total. The van der Waals surface area contributed by atoms with Crippen molar-refractivity contribution in [1.82, 2.24) is 25.1 Å². The number of aromatic nitrogens is 4. The van der Waals surface area contributed by atoms with E-state index in [1.807, 2.05) is 12.1 Å². The molecular formula is C19H21FN6S. The van der Waals surface area contributed by atoms with Gasteiger partial charge in [0.25, 0.3) is 0 Å². The second-order valence-corrected chi connectivity index (χ2v) is 7.59. The second kappa shape index (κ2) is 8.06. The van der Waals surface area contributed by atoms with Crippen LogP contribution >= 0.6 is 11.3 Å². The number of nitrogens with zero attached hydrogens (tertiary/aromatic N) is 5. The molecule has 1 atom stereocenters. The Balaban J connectivity index is 1.51. The van der Waals surface area contributed by atoms with Gasteiger partial charge in [-0.3, -0.25) is 9.88 Å². The van der Waals surface area contributed by atoms with Crippen molar-refractivity contribution in [3.63, 3.8) is 0 Å². The summed E-state index contributed by atoms with van der Waals surface area (Å²) < 4.78 is 14.0. The highest BCUT2D eigenvalue weighted by Gasteiger charge is 2.28. The summed E-state index contributed by atoms with van der Waals surface area (Å²) in [5, 5.41) is 13.1. The summed E-state index contributed by atoms with van der Waals surface area (Å²) in [6.45, 7) is 3.55. The molecule has 0 saturated carbocycles. The van der Waals surface area contributed by atoms with Crippen molar-refractivity contribution in [3.05, 3.63) is 58.7 Å². The van der Waals surface area contributed by atoms with Crippen molar-refractivity contribution in [3.8, 4) is 0 Å². The van der Waals surface area contributed by atoms with Crippen LogP contribution in [-0.4, -0.2) is 31.6 Å². The summed E-state index contributed by atoms with van der Waals surface area (Å²) >= 11 is 1.52. The Kier molecular flexibility index (Phi) is 5.35. The quantitative estimate of drug-likeness (QED) is 0.690. The summed E-state index contributed by atoms with van der Waals surface area (Å²) in [5.41, 5.74) is 1.61. The van der Waals surface area contributed by atoms with Crippen LogP contribution in [0.1, 0.15) is 42.1 Å². The summed E-state index contributed by atoms with van der Waals surface area (Å²) in [5.74, 6) is 0.497. The van der Waals surface area contributed by atoms with Gasteiger partial charge in [0.15, 0.2) is 5.82 Å². The van der Waals surface area contributed by atoms with Crippen molar-refractivity contribution in [2.75, 3.05) is 11.9 Å². The van der Waals surface area contributed by atoms with Gasteiger partial charge in [-0.1, -0.05) is 36.5 Å². The molecule has 2 aromatic heterocycles. The summed E-state index contributed by atoms with van der Waals surface area (Å²) in [6.07, 6.45) is 6.40.